The van der Waals surface area contributed by atoms with Gasteiger partial charge < -0.3 is 15.4 Å². The summed E-state index contributed by atoms with van der Waals surface area (Å²) >= 11 is 1.86. The predicted octanol–water partition coefficient (Wildman–Crippen LogP) is 3.68. The highest BCUT2D eigenvalue weighted by molar-refractivity contribution is 7.10. The van der Waals surface area contributed by atoms with Gasteiger partial charge in [-0.3, -0.25) is 9.89 Å². The van der Waals surface area contributed by atoms with E-state index >= 15 is 0 Å². The molecule has 162 valence electrons. The Morgan fingerprint density at radius 3 is 2.97 bits per heavy atom. The molecule has 6 nitrogen and oxygen atoms in total. The SMILES string of the molecule is CN=C(NCc1ccnc(OCC2CC2)c1)NCC1CCCN(C)C1c1cccs1. The number of rotatable bonds is 8. The number of nitrogens with zero attached hydrogens (tertiary/aromatic N) is 3. The maximum absolute atomic E-state index is 5.80. The summed E-state index contributed by atoms with van der Waals surface area (Å²) in [6.07, 6.45) is 6.88. The molecule has 0 radical (unpaired) electrons. The zero-order valence-corrected chi connectivity index (χ0v) is 18.8. The molecule has 2 aromatic heterocycles. The third kappa shape index (κ3) is 5.73. The van der Waals surface area contributed by atoms with E-state index in [1.54, 1.807) is 0 Å². The van der Waals surface area contributed by atoms with Crippen LogP contribution in [0.5, 0.6) is 5.88 Å². The maximum Gasteiger partial charge on any atom is 0.213 e. The number of hydrogen-bond donors (Lipinski definition) is 2. The Bertz CT molecular complexity index is 821. The molecule has 1 aliphatic heterocycles. The normalized spacial score (nSPS) is 22.7. The minimum absolute atomic E-state index is 0.482. The highest BCUT2D eigenvalue weighted by Gasteiger charge is 2.31. The van der Waals surface area contributed by atoms with Crippen LogP contribution in [0.3, 0.4) is 0 Å². The first-order valence-corrected chi connectivity index (χ1v) is 11.9. The fourth-order valence-corrected chi connectivity index (χ4v) is 5.13. The van der Waals surface area contributed by atoms with E-state index in [1.165, 1.54) is 37.1 Å². The van der Waals surface area contributed by atoms with Crippen molar-refractivity contribution in [3.05, 3.63) is 46.3 Å². The number of guanidine groups is 1. The van der Waals surface area contributed by atoms with Crippen LogP contribution in [0.2, 0.25) is 0 Å². The minimum Gasteiger partial charge on any atom is -0.477 e. The van der Waals surface area contributed by atoms with E-state index in [-0.39, 0.29) is 0 Å². The molecule has 2 aliphatic rings. The number of piperidine rings is 1. The van der Waals surface area contributed by atoms with Crippen LogP contribution < -0.4 is 15.4 Å². The molecule has 1 saturated heterocycles. The molecular weight excluding hydrogens is 394 g/mol. The second-order valence-electron chi connectivity index (χ2n) is 8.41. The fraction of sp³-hybridized carbons (Fsp3) is 0.565. The van der Waals surface area contributed by atoms with Crippen LogP contribution in [0.25, 0.3) is 0 Å². The number of thiophene rings is 1. The molecular formula is C23H33N5OS. The first-order chi connectivity index (χ1) is 14.7. The molecule has 0 bridgehead atoms. The van der Waals surface area contributed by atoms with Gasteiger partial charge in [-0.15, -0.1) is 11.3 Å². The lowest BCUT2D eigenvalue weighted by atomic mass is 9.88. The van der Waals surface area contributed by atoms with Gasteiger partial charge in [0, 0.05) is 43.3 Å². The second kappa shape index (κ2) is 10.3. The first-order valence-electron chi connectivity index (χ1n) is 11.0. The van der Waals surface area contributed by atoms with Crippen molar-refractivity contribution in [1.82, 2.24) is 20.5 Å². The average Bonchev–Trinajstić information content (AvgIpc) is 3.45. The standard InChI is InChI=1S/C23H33N5OS/c1-24-23(26-14-18-9-10-25-21(13-18)29-16-17-7-8-17)27-15-19-5-3-11-28(2)22(19)20-6-4-12-30-20/h4,6,9-10,12-13,17,19,22H,3,5,7-8,11,14-16H2,1-2H3,(H2,24,26,27). The molecule has 2 atom stereocenters. The molecule has 2 unspecified atom stereocenters. The lowest BCUT2D eigenvalue weighted by molar-refractivity contribution is 0.125. The summed E-state index contributed by atoms with van der Waals surface area (Å²) in [4.78, 5) is 12.7. The van der Waals surface area contributed by atoms with Gasteiger partial charge in [-0.25, -0.2) is 4.98 Å². The van der Waals surface area contributed by atoms with Crippen molar-refractivity contribution in [3.8, 4) is 5.88 Å². The van der Waals surface area contributed by atoms with Gasteiger partial charge in [0.15, 0.2) is 5.96 Å². The number of nitrogens with one attached hydrogen (secondary N) is 2. The van der Waals surface area contributed by atoms with Crippen molar-refractivity contribution in [1.29, 1.82) is 0 Å². The van der Waals surface area contributed by atoms with Crippen LogP contribution in [0.4, 0.5) is 0 Å². The van der Waals surface area contributed by atoms with Crippen molar-refractivity contribution >= 4 is 17.3 Å². The Morgan fingerprint density at radius 2 is 2.20 bits per heavy atom. The van der Waals surface area contributed by atoms with Gasteiger partial charge in [-0.1, -0.05) is 6.07 Å². The Labute approximate surface area is 183 Å². The largest absolute Gasteiger partial charge is 0.477 e. The average molecular weight is 428 g/mol. The van der Waals surface area contributed by atoms with Gasteiger partial charge >= 0.3 is 0 Å². The van der Waals surface area contributed by atoms with E-state index in [0.29, 0.717) is 24.4 Å². The van der Waals surface area contributed by atoms with E-state index in [9.17, 15) is 0 Å². The third-order valence-corrected chi connectivity index (χ3v) is 6.96. The van der Waals surface area contributed by atoms with E-state index in [1.807, 2.05) is 36.7 Å². The molecule has 1 saturated carbocycles. The van der Waals surface area contributed by atoms with Gasteiger partial charge in [0.25, 0.3) is 0 Å². The lowest BCUT2D eigenvalue weighted by Crippen LogP contribution is -2.44. The van der Waals surface area contributed by atoms with Gasteiger partial charge in [0.05, 0.1) is 6.61 Å². The highest BCUT2D eigenvalue weighted by Crippen LogP contribution is 2.36. The summed E-state index contributed by atoms with van der Waals surface area (Å²) in [6, 6.07) is 8.95. The predicted molar refractivity (Wildman–Crippen MR) is 123 cm³/mol. The number of ether oxygens (including phenoxy) is 1. The molecule has 7 heteroatoms. The number of aromatic nitrogens is 1. The number of hydrogen-bond acceptors (Lipinski definition) is 5. The monoisotopic (exact) mass is 427 g/mol. The van der Waals surface area contributed by atoms with E-state index in [2.05, 4.69) is 50.1 Å². The van der Waals surface area contributed by atoms with Crippen LogP contribution >= 0.6 is 11.3 Å². The number of pyridine rings is 1. The smallest absolute Gasteiger partial charge is 0.213 e. The highest BCUT2D eigenvalue weighted by atomic mass is 32.1. The molecule has 2 fully saturated rings. The van der Waals surface area contributed by atoms with Gasteiger partial charge in [0.2, 0.25) is 5.88 Å². The summed E-state index contributed by atoms with van der Waals surface area (Å²) in [5, 5.41) is 9.17. The van der Waals surface area contributed by atoms with Gasteiger partial charge in [-0.2, -0.15) is 0 Å². The van der Waals surface area contributed by atoms with E-state index in [0.717, 1.165) is 30.6 Å². The van der Waals surface area contributed by atoms with E-state index < -0.39 is 0 Å². The summed E-state index contributed by atoms with van der Waals surface area (Å²) in [5.41, 5.74) is 1.15. The Kier molecular flexibility index (Phi) is 7.23. The molecule has 30 heavy (non-hydrogen) atoms. The van der Waals surface area contributed by atoms with Crippen LogP contribution in [-0.4, -0.2) is 49.6 Å². The van der Waals surface area contributed by atoms with Crippen LogP contribution in [0.1, 0.15) is 42.2 Å². The van der Waals surface area contributed by atoms with Crippen LogP contribution in [-0.2, 0) is 6.54 Å². The van der Waals surface area contributed by atoms with Crippen molar-refractivity contribution < 1.29 is 4.74 Å². The minimum atomic E-state index is 0.482. The molecule has 2 N–H and O–H groups in total. The summed E-state index contributed by atoms with van der Waals surface area (Å²) in [7, 11) is 4.08. The van der Waals surface area contributed by atoms with Gasteiger partial charge in [-0.05, 0) is 74.2 Å². The molecule has 2 aromatic rings. The second-order valence-corrected chi connectivity index (χ2v) is 9.39. The molecule has 0 amide bonds. The third-order valence-electron chi connectivity index (χ3n) is 6.02. The fourth-order valence-electron chi connectivity index (χ4n) is 4.14. The van der Waals surface area contributed by atoms with Crippen molar-refractivity contribution in [2.75, 3.05) is 33.8 Å². The van der Waals surface area contributed by atoms with Crippen molar-refractivity contribution in [3.63, 3.8) is 0 Å². The van der Waals surface area contributed by atoms with Gasteiger partial charge in [0.1, 0.15) is 0 Å². The van der Waals surface area contributed by atoms with E-state index in [4.69, 9.17) is 4.74 Å². The number of aliphatic imine (C=N–C) groups is 1. The summed E-state index contributed by atoms with van der Waals surface area (Å²) in [5.74, 6) is 2.86. The first kappa shape index (κ1) is 21.1. The Hall–Kier alpha value is -2.12. The molecule has 1 aliphatic carbocycles. The molecule has 3 heterocycles. The summed E-state index contributed by atoms with van der Waals surface area (Å²) in [6.45, 7) is 3.56. The Morgan fingerprint density at radius 1 is 1.30 bits per heavy atom. The van der Waals surface area contributed by atoms with Crippen LogP contribution in [0.15, 0.2) is 40.8 Å². The van der Waals surface area contributed by atoms with Crippen LogP contribution in [0, 0.1) is 11.8 Å². The van der Waals surface area contributed by atoms with Crippen molar-refractivity contribution in [2.45, 2.75) is 38.3 Å². The quantitative estimate of drug-likeness (QED) is 0.497. The molecule has 4 rings (SSSR count). The lowest BCUT2D eigenvalue weighted by Gasteiger charge is -2.39. The maximum atomic E-state index is 5.80. The molecule has 0 spiro atoms. The zero-order valence-electron chi connectivity index (χ0n) is 18.0. The number of likely N-dealkylation sites (tertiary alicyclic amines) is 1. The zero-order chi connectivity index (χ0) is 20.8. The molecule has 0 aromatic carbocycles. The topological polar surface area (TPSA) is 61.8 Å². The Balaban J connectivity index is 1.28. The summed E-state index contributed by atoms with van der Waals surface area (Å²) < 4.78 is 5.80. The van der Waals surface area contributed by atoms with Crippen molar-refractivity contribution in [2.24, 2.45) is 16.8 Å².